The SMILES string of the molecule is COC1CCC(C(=O)ONc2ccn([C@@H]3O[C@H](CO)[C@@H](O)[C@H]3O)c(=O)n2)CC1. The van der Waals surface area contributed by atoms with Crippen molar-refractivity contribution in [1.82, 2.24) is 9.55 Å². The van der Waals surface area contributed by atoms with E-state index in [0.29, 0.717) is 12.8 Å². The molecule has 1 saturated carbocycles. The van der Waals surface area contributed by atoms with Crippen molar-refractivity contribution in [1.29, 1.82) is 0 Å². The Bertz CT molecular complexity index is 733. The number of methoxy groups -OCH3 is 1. The lowest BCUT2D eigenvalue weighted by molar-refractivity contribution is -0.147. The Morgan fingerprint density at radius 1 is 1.32 bits per heavy atom. The van der Waals surface area contributed by atoms with Crippen LogP contribution in [0.1, 0.15) is 31.9 Å². The van der Waals surface area contributed by atoms with E-state index in [0.717, 1.165) is 17.4 Å². The monoisotopic (exact) mass is 399 g/mol. The number of ether oxygens (including phenoxy) is 2. The molecule has 0 bridgehead atoms. The number of anilines is 1. The van der Waals surface area contributed by atoms with Crippen molar-refractivity contribution in [3.8, 4) is 0 Å². The van der Waals surface area contributed by atoms with Crippen LogP contribution in [-0.2, 0) is 19.1 Å². The third kappa shape index (κ3) is 4.33. The normalized spacial score (nSPS) is 32.9. The highest BCUT2D eigenvalue weighted by molar-refractivity contribution is 5.73. The third-order valence-corrected chi connectivity index (χ3v) is 5.22. The lowest BCUT2D eigenvalue weighted by Gasteiger charge is -2.25. The molecule has 2 fully saturated rings. The summed E-state index contributed by atoms with van der Waals surface area (Å²) in [5, 5.41) is 28.9. The number of rotatable bonds is 6. The molecule has 0 spiro atoms. The molecule has 1 aromatic rings. The summed E-state index contributed by atoms with van der Waals surface area (Å²) in [6.07, 6.45) is -0.538. The molecule has 1 saturated heterocycles. The first kappa shape index (κ1) is 20.7. The van der Waals surface area contributed by atoms with Gasteiger partial charge >= 0.3 is 11.7 Å². The molecular weight excluding hydrogens is 374 g/mol. The topological polar surface area (TPSA) is 152 Å². The second kappa shape index (κ2) is 8.97. The van der Waals surface area contributed by atoms with E-state index in [1.807, 2.05) is 0 Å². The zero-order valence-corrected chi connectivity index (χ0v) is 15.4. The number of nitrogens with zero attached hydrogens (tertiary/aromatic N) is 2. The van der Waals surface area contributed by atoms with Gasteiger partial charge in [-0.25, -0.2) is 15.1 Å². The van der Waals surface area contributed by atoms with Crippen LogP contribution in [-0.4, -0.2) is 69.0 Å². The number of nitrogens with one attached hydrogen (secondary N) is 1. The molecule has 11 heteroatoms. The fraction of sp³-hybridized carbons (Fsp3) is 0.706. The first-order chi connectivity index (χ1) is 13.4. The summed E-state index contributed by atoms with van der Waals surface area (Å²) >= 11 is 0. The summed E-state index contributed by atoms with van der Waals surface area (Å²) in [7, 11) is 1.65. The van der Waals surface area contributed by atoms with Crippen molar-refractivity contribution in [2.24, 2.45) is 5.92 Å². The van der Waals surface area contributed by atoms with Crippen LogP contribution in [0.5, 0.6) is 0 Å². The fourth-order valence-corrected chi connectivity index (χ4v) is 3.49. The summed E-state index contributed by atoms with van der Waals surface area (Å²) in [6.45, 7) is -0.501. The summed E-state index contributed by atoms with van der Waals surface area (Å²) in [4.78, 5) is 33.1. The Hall–Kier alpha value is -2.05. The Kier molecular flexibility index (Phi) is 6.62. The van der Waals surface area contributed by atoms with E-state index in [4.69, 9.17) is 19.4 Å². The van der Waals surface area contributed by atoms with Gasteiger partial charge in [-0.15, -0.1) is 0 Å². The van der Waals surface area contributed by atoms with Crippen LogP contribution < -0.4 is 11.2 Å². The minimum absolute atomic E-state index is 0.0203. The van der Waals surface area contributed by atoms with Gasteiger partial charge < -0.3 is 29.6 Å². The maximum Gasteiger partial charge on any atom is 0.351 e. The van der Waals surface area contributed by atoms with Crippen molar-refractivity contribution in [3.63, 3.8) is 0 Å². The molecule has 1 aliphatic heterocycles. The summed E-state index contributed by atoms with van der Waals surface area (Å²) in [5.74, 6) is -0.644. The highest BCUT2D eigenvalue weighted by atomic mass is 16.7. The molecule has 1 aliphatic carbocycles. The van der Waals surface area contributed by atoms with Gasteiger partial charge in [0.25, 0.3) is 0 Å². The predicted molar refractivity (Wildman–Crippen MR) is 94.0 cm³/mol. The number of aromatic nitrogens is 2. The Labute approximate surface area is 160 Å². The van der Waals surface area contributed by atoms with E-state index < -0.39 is 42.8 Å². The van der Waals surface area contributed by atoms with Crippen molar-refractivity contribution in [2.45, 2.75) is 56.3 Å². The van der Waals surface area contributed by atoms with E-state index >= 15 is 0 Å². The second-order valence-corrected chi connectivity index (χ2v) is 6.96. The van der Waals surface area contributed by atoms with E-state index in [9.17, 15) is 19.8 Å². The van der Waals surface area contributed by atoms with Gasteiger partial charge in [0.15, 0.2) is 12.0 Å². The molecule has 11 nitrogen and oxygen atoms in total. The Morgan fingerprint density at radius 3 is 2.61 bits per heavy atom. The largest absolute Gasteiger partial charge is 0.394 e. The number of carbonyl (C=O) groups is 1. The highest BCUT2D eigenvalue weighted by Gasteiger charge is 2.43. The van der Waals surface area contributed by atoms with Gasteiger partial charge in [0.2, 0.25) is 0 Å². The van der Waals surface area contributed by atoms with E-state index in [-0.39, 0.29) is 17.8 Å². The van der Waals surface area contributed by atoms with Gasteiger partial charge in [-0.1, -0.05) is 0 Å². The van der Waals surface area contributed by atoms with E-state index in [1.54, 1.807) is 7.11 Å². The molecule has 3 rings (SSSR count). The van der Waals surface area contributed by atoms with Crippen molar-refractivity contribution in [3.05, 3.63) is 22.7 Å². The third-order valence-electron chi connectivity index (χ3n) is 5.22. The first-order valence-electron chi connectivity index (χ1n) is 9.15. The van der Waals surface area contributed by atoms with Crippen LogP contribution in [0, 0.1) is 5.92 Å². The predicted octanol–water partition coefficient (Wildman–Crippen LogP) is -1.07. The molecule has 4 N–H and O–H groups in total. The molecule has 0 aromatic carbocycles. The summed E-state index contributed by atoms with van der Waals surface area (Å²) in [6, 6.07) is 1.37. The Morgan fingerprint density at radius 2 is 2.04 bits per heavy atom. The zero-order valence-electron chi connectivity index (χ0n) is 15.4. The molecule has 156 valence electrons. The van der Waals surface area contributed by atoms with Crippen LogP contribution >= 0.6 is 0 Å². The van der Waals surface area contributed by atoms with Crippen LogP contribution in [0.4, 0.5) is 5.82 Å². The second-order valence-electron chi connectivity index (χ2n) is 6.96. The lowest BCUT2D eigenvalue weighted by atomic mass is 9.87. The summed E-state index contributed by atoms with van der Waals surface area (Å²) < 4.78 is 11.6. The number of hydrogen-bond donors (Lipinski definition) is 4. The molecule has 2 aliphatic rings. The molecule has 0 radical (unpaired) electrons. The van der Waals surface area contributed by atoms with Crippen molar-refractivity contribution in [2.75, 3.05) is 19.2 Å². The molecule has 0 amide bonds. The van der Waals surface area contributed by atoms with Crippen molar-refractivity contribution < 1.29 is 34.4 Å². The van der Waals surface area contributed by atoms with Gasteiger partial charge in [-0.3, -0.25) is 4.57 Å². The number of carbonyl (C=O) groups excluding carboxylic acids is 1. The maximum absolute atomic E-state index is 12.2. The fourth-order valence-electron chi connectivity index (χ4n) is 3.49. The minimum Gasteiger partial charge on any atom is -0.394 e. The molecule has 2 heterocycles. The first-order valence-corrected chi connectivity index (χ1v) is 9.15. The highest BCUT2D eigenvalue weighted by Crippen LogP contribution is 2.28. The maximum atomic E-state index is 12.2. The van der Waals surface area contributed by atoms with Crippen LogP contribution in [0.15, 0.2) is 17.1 Å². The van der Waals surface area contributed by atoms with Gasteiger partial charge in [-0.2, -0.15) is 4.98 Å². The van der Waals surface area contributed by atoms with Crippen molar-refractivity contribution >= 4 is 11.8 Å². The van der Waals surface area contributed by atoms with Gasteiger partial charge in [0, 0.05) is 19.4 Å². The smallest absolute Gasteiger partial charge is 0.351 e. The average molecular weight is 399 g/mol. The van der Waals surface area contributed by atoms with E-state index in [2.05, 4.69) is 10.5 Å². The quantitative estimate of drug-likeness (QED) is 0.435. The average Bonchev–Trinajstić information content (AvgIpc) is 3.00. The Balaban J connectivity index is 1.58. The van der Waals surface area contributed by atoms with Gasteiger partial charge in [0.05, 0.1) is 18.6 Å². The zero-order chi connectivity index (χ0) is 20.3. The number of aliphatic hydroxyl groups excluding tert-OH is 3. The molecule has 28 heavy (non-hydrogen) atoms. The van der Waals surface area contributed by atoms with Crippen LogP contribution in [0.25, 0.3) is 0 Å². The molecule has 1 aromatic heterocycles. The molecular formula is C17H25N3O8. The van der Waals surface area contributed by atoms with Gasteiger partial charge in [0.1, 0.15) is 18.3 Å². The lowest BCUT2D eigenvalue weighted by Crippen LogP contribution is -2.36. The van der Waals surface area contributed by atoms with E-state index in [1.165, 1.54) is 12.3 Å². The standard InChI is InChI=1S/C17H25N3O8/c1-26-10-4-2-9(3-5-10)16(24)28-19-12-6-7-20(17(25)18-12)15-14(23)13(22)11(8-21)27-15/h6-7,9-11,13-15,21-23H,2-5,8H2,1H3,(H,18,19,25)/t9?,10?,11-,13-,14-,15-/m1/s1. The molecule has 0 unspecified atom stereocenters. The number of hydrogen-bond acceptors (Lipinski definition) is 10. The molecule has 4 atom stereocenters. The van der Waals surface area contributed by atoms with Crippen LogP contribution in [0.2, 0.25) is 0 Å². The summed E-state index contributed by atoms with van der Waals surface area (Å²) in [5.41, 5.74) is 1.59. The van der Waals surface area contributed by atoms with Gasteiger partial charge in [-0.05, 0) is 25.7 Å². The van der Waals surface area contributed by atoms with Crippen LogP contribution in [0.3, 0.4) is 0 Å². The number of aliphatic hydroxyl groups is 3. The minimum atomic E-state index is -1.39.